The first-order valence-corrected chi connectivity index (χ1v) is 8.28. The van der Waals surface area contributed by atoms with Gasteiger partial charge in [-0.1, -0.05) is 35.9 Å². The van der Waals surface area contributed by atoms with Gasteiger partial charge in [0.05, 0.1) is 7.11 Å². The van der Waals surface area contributed by atoms with E-state index in [1.165, 1.54) is 11.1 Å². The summed E-state index contributed by atoms with van der Waals surface area (Å²) < 4.78 is 16.4. The van der Waals surface area contributed by atoms with Gasteiger partial charge in [0.25, 0.3) is 0 Å². The molecule has 25 heavy (non-hydrogen) atoms. The third-order valence-electron chi connectivity index (χ3n) is 3.74. The number of ether oxygens (including phenoxy) is 3. The Balaban J connectivity index is 0.00000312. The average molecular weight is 366 g/mol. The number of benzene rings is 2. The summed E-state index contributed by atoms with van der Waals surface area (Å²) in [6.45, 7) is 5.13. The molecule has 5 heteroatoms. The lowest BCUT2D eigenvalue weighted by Crippen LogP contribution is -2.16. The lowest BCUT2D eigenvalue weighted by molar-refractivity contribution is 0.194. The predicted octanol–water partition coefficient (Wildman–Crippen LogP) is 4.13. The third-order valence-corrected chi connectivity index (χ3v) is 3.74. The molecule has 0 fully saturated rings. The SMILES string of the molecule is COCCCNCc1ccc(OCc2cccc(C)c2)c(OC)c1.Cl. The molecule has 0 aromatic heterocycles. The monoisotopic (exact) mass is 365 g/mol. The number of hydrogen-bond donors (Lipinski definition) is 1. The molecule has 2 aromatic rings. The van der Waals surface area contributed by atoms with E-state index in [2.05, 4.69) is 36.5 Å². The van der Waals surface area contributed by atoms with E-state index in [1.54, 1.807) is 14.2 Å². The quantitative estimate of drug-likeness (QED) is 0.642. The van der Waals surface area contributed by atoms with Gasteiger partial charge in [-0.05, 0) is 43.1 Å². The number of rotatable bonds is 10. The molecule has 0 amide bonds. The molecule has 0 unspecified atom stereocenters. The predicted molar refractivity (Wildman–Crippen MR) is 104 cm³/mol. The topological polar surface area (TPSA) is 39.7 Å². The Morgan fingerprint density at radius 3 is 2.52 bits per heavy atom. The summed E-state index contributed by atoms with van der Waals surface area (Å²) in [6, 6.07) is 14.4. The first-order chi connectivity index (χ1) is 11.7. The highest BCUT2D eigenvalue weighted by atomic mass is 35.5. The molecule has 1 N–H and O–H groups in total. The van der Waals surface area contributed by atoms with E-state index < -0.39 is 0 Å². The Bertz CT molecular complexity index is 634. The molecule has 0 bridgehead atoms. The van der Waals surface area contributed by atoms with E-state index in [-0.39, 0.29) is 12.4 Å². The summed E-state index contributed by atoms with van der Waals surface area (Å²) in [5, 5.41) is 3.39. The van der Waals surface area contributed by atoms with E-state index in [0.29, 0.717) is 6.61 Å². The number of methoxy groups -OCH3 is 2. The van der Waals surface area contributed by atoms with Crippen molar-refractivity contribution in [3.05, 3.63) is 59.2 Å². The zero-order valence-electron chi connectivity index (χ0n) is 15.2. The minimum atomic E-state index is 0. The Hall–Kier alpha value is -1.75. The molecular weight excluding hydrogens is 338 g/mol. The molecule has 2 rings (SSSR count). The van der Waals surface area contributed by atoms with Crippen molar-refractivity contribution < 1.29 is 14.2 Å². The van der Waals surface area contributed by atoms with Crippen LogP contribution in [0, 0.1) is 6.92 Å². The summed E-state index contributed by atoms with van der Waals surface area (Å²) in [5.74, 6) is 1.53. The maximum atomic E-state index is 5.92. The first-order valence-electron chi connectivity index (χ1n) is 8.28. The van der Waals surface area contributed by atoms with Crippen molar-refractivity contribution in [2.45, 2.75) is 26.5 Å². The van der Waals surface area contributed by atoms with Crippen molar-refractivity contribution in [1.82, 2.24) is 5.32 Å². The summed E-state index contributed by atoms with van der Waals surface area (Å²) in [5.41, 5.74) is 3.56. The number of nitrogens with one attached hydrogen (secondary N) is 1. The van der Waals surface area contributed by atoms with E-state index in [0.717, 1.165) is 43.2 Å². The van der Waals surface area contributed by atoms with Crippen LogP contribution in [0.5, 0.6) is 11.5 Å². The number of halogens is 1. The van der Waals surface area contributed by atoms with Crippen LogP contribution in [-0.2, 0) is 17.9 Å². The van der Waals surface area contributed by atoms with Gasteiger partial charge in [0.15, 0.2) is 11.5 Å². The molecular formula is C20H28ClNO3. The van der Waals surface area contributed by atoms with Gasteiger partial charge in [-0.2, -0.15) is 0 Å². The standard InChI is InChI=1S/C20H27NO3.ClH/c1-16-6-4-7-18(12-16)15-24-19-9-8-17(13-20(19)23-3)14-21-10-5-11-22-2;/h4,6-9,12-13,21H,5,10-11,14-15H2,1-3H3;1H. The zero-order chi connectivity index (χ0) is 17.2. The van der Waals surface area contributed by atoms with Crippen LogP contribution in [0.2, 0.25) is 0 Å². The van der Waals surface area contributed by atoms with Crippen molar-refractivity contribution in [3.8, 4) is 11.5 Å². The van der Waals surface area contributed by atoms with Gasteiger partial charge in [-0.25, -0.2) is 0 Å². The van der Waals surface area contributed by atoms with Crippen molar-refractivity contribution in [1.29, 1.82) is 0 Å². The maximum Gasteiger partial charge on any atom is 0.161 e. The molecule has 0 saturated carbocycles. The van der Waals surface area contributed by atoms with Crippen molar-refractivity contribution >= 4 is 12.4 Å². The number of aryl methyl sites for hydroxylation is 1. The van der Waals surface area contributed by atoms with Crippen molar-refractivity contribution in [3.63, 3.8) is 0 Å². The Labute approximate surface area is 156 Å². The smallest absolute Gasteiger partial charge is 0.161 e. The van der Waals surface area contributed by atoms with E-state index >= 15 is 0 Å². The summed E-state index contributed by atoms with van der Waals surface area (Å²) in [7, 11) is 3.39. The van der Waals surface area contributed by atoms with Crippen LogP contribution < -0.4 is 14.8 Å². The Morgan fingerprint density at radius 1 is 0.960 bits per heavy atom. The van der Waals surface area contributed by atoms with Crippen LogP contribution in [0.4, 0.5) is 0 Å². The van der Waals surface area contributed by atoms with E-state index in [9.17, 15) is 0 Å². The second-order valence-electron chi connectivity index (χ2n) is 5.79. The van der Waals surface area contributed by atoms with Crippen molar-refractivity contribution in [2.75, 3.05) is 27.4 Å². The first kappa shape index (κ1) is 21.3. The fourth-order valence-electron chi connectivity index (χ4n) is 2.48. The molecule has 0 heterocycles. The second kappa shape index (κ2) is 11.7. The van der Waals surface area contributed by atoms with Crippen LogP contribution in [-0.4, -0.2) is 27.4 Å². The van der Waals surface area contributed by atoms with Gasteiger partial charge < -0.3 is 19.5 Å². The summed E-state index contributed by atoms with van der Waals surface area (Å²) in [4.78, 5) is 0. The number of hydrogen-bond acceptors (Lipinski definition) is 4. The molecule has 138 valence electrons. The van der Waals surface area contributed by atoms with Crippen molar-refractivity contribution in [2.24, 2.45) is 0 Å². The van der Waals surface area contributed by atoms with Crippen LogP contribution in [0.3, 0.4) is 0 Å². The summed E-state index contributed by atoms with van der Waals surface area (Å²) >= 11 is 0. The fourth-order valence-corrected chi connectivity index (χ4v) is 2.48. The van der Waals surface area contributed by atoms with Gasteiger partial charge in [0, 0.05) is 20.3 Å². The molecule has 2 aromatic carbocycles. The third kappa shape index (κ3) is 7.34. The van der Waals surface area contributed by atoms with Gasteiger partial charge in [-0.3, -0.25) is 0 Å². The van der Waals surface area contributed by atoms with E-state index in [1.807, 2.05) is 18.2 Å². The largest absolute Gasteiger partial charge is 0.493 e. The lowest BCUT2D eigenvalue weighted by atomic mass is 10.1. The zero-order valence-corrected chi connectivity index (χ0v) is 16.0. The van der Waals surface area contributed by atoms with Gasteiger partial charge in [0.1, 0.15) is 6.61 Å². The molecule has 4 nitrogen and oxygen atoms in total. The second-order valence-corrected chi connectivity index (χ2v) is 5.79. The summed E-state index contributed by atoms with van der Waals surface area (Å²) in [6.07, 6.45) is 1.01. The van der Waals surface area contributed by atoms with Crippen LogP contribution in [0.15, 0.2) is 42.5 Å². The molecule has 0 radical (unpaired) electrons. The Kier molecular flexibility index (Phi) is 10.0. The minimum Gasteiger partial charge on any atom is -0.493 e. The van der Waals surface area contributed by atoms with Crippen LogP contribution in [0.1, 0.15) is 23.1 Å². The van der Waals surface area contributed by atoms with Gasteiger partial charge >= 0.3 is 0 Å². The normalized spacial score (nSPS) is 10.2. The van der Waals surface area contributed by atoms with Crippen LogP contribution >= 0.6 is 12.4 Å². The van der Waals surface area contributed by atoms with Crippen LogP contribution in [0.25, 0.3) is 0 Å². The maximum absolute atomic E-state index is 5.92. The molecule has 0 aliphatic carbocycles. The van der Waals surface area contributed by atoms with E-state index in [4.69, 9.17) is 14.2 Å². The fraction of sp³-hybridized carbons (Fsp3) is 0.400. The Morgan fingerprint density at radius 2 is 1.80 bits per heavy atom. The highest BCUT2D eigenvalue weighted by molar-refractivity contribution is 5.85. The lowest BCUT2D eigenvalue weighted by Gasteiger charge is -2.13. The van der Waals surface area contributed by atoms with Gasteiger partial charge in [0.2, 0.25) is 0 Å². The molecule has 0 aliphatic rings. The highest BCUT2D eigenvalue weighted by Gasteiger charge is 2.06. The molecule has 0 spiro atoms. The molecule has 0 aliphatic heterocycles. The molecule has 0 atom stereocenters. The molecule has 0 saturated heterocycles. The average Bonchev–Trinajstić information content (AvgIpc) is 2.60. The highest BCUT2D eigenvalue weighted by Crippen LogP contribution is 2.28. The van der Waals surface area contributed by atoms with Gasteiger partial charge in [-0.15, -0.1) is 12.4 Å². The minimum absolute atomic E-state index is 0.